The summed E-state index contributed by atoms with van der Waals surface area (Å²) < 4.78 is 11.1. The maximum absolute atomic E-state index is 12.6. The molecule has 24 heavy (non-hydrogen) atoms. The molecule has 2 aliphatic heterocycles. The van der Waals surface area contributed by atoms with Gasteiger partial charge in [-0.05, 0) is 58.1 Å². The van der Waals surface area contributed by atoms with Crippen molar-refractivity contribution in [2.24, 2.45) is 0 Å². The largest absolute Gasteiger partial charge is 0.496 e. The van der Waals surface area contributed by atoms with Gasteiger partial charge in [-0.3, -0.25) is 4.90 Å². The van der Waals surface area contributed by atoms with Gasteiger partial charge in [0.05, 0.1) is 13.2 Å². The second-order valence-electron chi connectivity index (χ2n) is 7.64. The summed E-state index contributed by atoms with van der Waals surface area (Å²) in [7, 11) is 1.70. The Morgan fingerprint density at radius 2 is 1.96 bits per heavy atom. The molecule has 0 spiro atoms. The number of piperidine rings is 1. The fourth-order valence-corrected chi connectivity index (χ4v) is 3.74. The van der Waals surface area contributed by atoms with Crippen LogP contribution in [0.2, 0.25) is 0 Å². The van der Waals surface area contributed by atoms with Crippen molar-refractivity contribution in [1.29, 1.82) is 0 Å². The summed E-state index contributed by atoms with van der Waals surface area (Å²) in [6.07, 6.45) is 6.08. The Labute approximate surface area is 144 Å². The van der Waals surface area contributed by atoms with Crippen molar-refractivity contribution in [2.75, 3.05) is 7.11 Å². The van der Waals surface area contributed by atoms with Gasteiger partial charge in [0.2, 0.25) is 0 Å². The zero-order chi connectivity index (χ0) is 17.3. The number of benzene rings is 1. The van der Waals surface area contributed by atoms with Gasteiger partial charge in [-0.15, -0.1) is 0 Å². The normalized spacial score (nSPS) is 23.5. The third-order valence-corrected chi connectivity index (χ3v) is 4.69. The number of carbonyl (C=O) groups excluding carboxylic acids is 1. The molecule has 1 amide bonds. The average Bonchev–Trinajstić information content (AvgIpc) is 2.52. The number of nitrogens with zero attached hydrogens (tertiary/aromatic N) is 1. The molecular weight excluding hydrogens is 302 g/mol. The lowest BCUT2D eigenvalue weighted by Gasteiger charge is -2.45. The second kappa shape index (κ2) is 6.50. The Hall–Kier alpha value is -1.97. The predicted octanol–water partition coefficient (Wildman–Crippen LogP) is 4.64. The summed E-state index contributed by atoms with van der Waals surface area (Å²) >= 11 is 0. The van der Waals surface area contributed by atoms with Gasteiger partial charge in [0.15, 0.2) is 0 Å². The molecule has 2 heterocycles. The lowest BCUT2D eigenvalue weighted by molar-refractivity contribution is 0.0000825. The van der Waals surface area contributed by atoms with Crippen LogP contribution in [0.3, 0.4) is 0 Å². The minimum atomic E-state index is -0.460. The summed E-state index contributed by atoms with van der Waals surface area (Å²) in [5.41, 5.74) is 1.96. The molecule has 0 aromatic heterocycles. The van der Waals surface area contributed by atoms with Gasteiger partial charge in [0.1, 0.15) is 11.4 Å². The van der Waals surface area contributed by atoms with Crippen molar-refractivity contribution in [3.63, 3.8) is 0 Å². The summed E-state index contributed by atoms with van der Waals surface area (Å²) in [5, 5.41) is 0. The third-order valence-electron chi connectivity index (χ3n) is 4.69. The van der Waals surface area contributed by atoms with Gasteiger partial charge in [0.25, 0.3) is 0 Å². The molecule has 4 nitrogen and oxygen atoms in total. The standard InChI is InChI=1S/C20H27NO3/c1-20(2,3)24-19(22)21-15-8-7-9-16(21)13-14(12-15)17-10-5-6-11-18(17)23-4/h5-6,10-12,15-16H,7-9,13H2,1-4H3. The van der Waals surface area contributed by atoms with E-state index in [-0.39, 0.29) is 18.2 Å². The maximum atomic E-state index is 12.6. The first-order chi connectivity index (χ1) is 11.4. The number of fused-ring (bicyclic) bond motifs is 2. The van der Waals surface area contributed by atoms with Crippen LogP contribution in [0.25, 0.3) is 5.57 Å². The van der Waals surface area contributed by atoms with E-state index in [1.54, 1.807) is 7.11 Å². The van der Waals surface area contributed by atoms with Crippen LogP contribution in [-0.4, -0.2) is 35.8 Å². The van der Waals surface area contributed by atoms with Crippen LogP contribution >= 0.6 is 0 Å². The number of carbonyl (C=O) groups is 1. The van der Waals surface area contributed by atoms with E-state index in [0.29, 0.717) is 0 Å². The summed E-state index contributed by atoms with van der Waals surface area (Å²) in [5.74, 6) is 0.896. The van der Waals surface area contributed by atoms with E-state index in [2.05, 4.69) is 12.1 Å². The SMILES string of the molecule is COc1ccccc1C1=CC2CCCC(C1)N2C(=O)OC(C)(C)C. The highest BCUT2D eigenvalue weighted by atomic mass is 16.6. The third kappa shape index (κ3) is 3.42. The predicted molar refractivity (Wildman–Crippen MR) is 95.1 cm³/mol. The quantitative estimate of drug-likeness (QED) is 0.793. The molecule has 3 rings (SSSR count). The molecule has 2 bridgehead atoms. The van der Waals surface area contributed by atoms with Gasteiger partial charge in [-0.1, -0.05) is 24.3 Å². The summed E-state index contributed by atoms with van der Waals surface area (Å²) in [4.78, 5) is 14.6. The van der Waals surface area contributed by atoms with Crippen LogP contribution in [0.4, 0.5) is 4.79 Å². The van der Waals surface area contributed by atoms with Gasteiger partial charge in [-0.25, -0.2) is 4.79 Å². The van der Waals surface area contributed by atoms with Crippen molar-refractivity contribution < 1.29 is 14.3 Å². The van der Waals surface area contributed by atoms with Gasteiger partial charge >= 0.3 is 6.09 Å². The Kier molecular flexibility index (Phi) is 4.57. The Morgan fingerprint density at radius 3 is 2.62 bits per heavy atom. The zero-order valence-corrected chi connectivity index (χ0v) is 15.0. The van der Waals surface area contributed by atoms with E-state index >= 15 is 0 Å². The van der Waals surface area contributed by atoms with Crippen LogP contribution in [0, 0.1) is 0 Å². The molecule has 2 aliphatic rings. The van der Waals surface area contributed by atoms with Crippen molar-refractivity contribution >= 4 is 11.7 Å². The first kappa shape index (κ1) is 16.9. The Balaban J connectivity index is 1.89. The van der Waals surface area contributed by atoms with E-state index < -0.39 is 5.60 Å². The van der Waals surface area contributed by atoms with Crippen molar-refractivity contribution in [3.8, 4) is 5.75 Å². The zero-order valence-electron chi connectivity index (χ0n) is 15.0. The van der Waals surface area contributed by atoms with Crippen molar-refractivity contribution in [1.82, 2.24) is 4.90 Å². The molecule has 0 aliphatic carbocycles. The molecule has 1 aromatic rings. The van der Waals surface area contributed by atoms with Crippen LogP contribution in [-0.2, 0) is 4.74 Å². The molecule has 1 fully saturated rings. The molecule has 1 aromatic carbocycles. The topological polar surface area (TPSA) is 38.8 Å². The number of para-hydroxylation sites is 1. The lowest BCUT2D eigenvalue weighted by Crippen LogP contribution is -2.53. The summed E-state index contributed by atoms with van der Waals surface area (Å²) in [6.45, 7) is 5.75. The number of hydrogen-bond donors (Lipinski definition) is 0. The van der Waals surface area contributed by atoms with Gasteiger partial charge in [-0.2, -0.15) is 0 Å². The van der Waals surface area contributed by atoms with E-state index in [4.69, 9.17) is 9.47 Å². The highest BCUT2D eigenvalue weighted by Crippen LogP contribution is 2.40. The first-order valence-corrected chi connectivity index (χ1v) is 8.74. The second-order valence-corrected chi connectivity index (χ2v) is 7.64. The minimum Gasteiger partial charge on any atom is -0.496 e. The molecule has 0 radical (unpaired) electrons. The fraction of sp³-hybridized carbons (Fsp3) is 0.550. The molecule has 4 heteroatoms. The Morgan fingerprint density at radius 1 is 1.21 bits per heavy atom. The Bertz CT molecular complexity index is 645. The molecule has 2 unspecified atom stereocenters. The van der Waals surface area contributed by atoms with Crippen LogP contribution in [0.5, 0.6) is 5.75 Å². The maximum Gasteiger partial charge on any atom is 0.411 e. The van der Waals surface area contributed by atoms with E-state index in [1.165, 1.54) is 5.57 Å². The van der Waals surface area contributed by atoms with Gasteiger partial charge in [0, 0.05) is 11.6 Å². The van der Waals surface area contributed by atoms with Crippen molar-refractivity contribution in [2.45, 2.75) is 64.1 Å². The molecule has 130 valence electrons. The van der Waals surface area contributed by atoms with E-state index in [1.807, 2.05) is 43.9 Å². The average molecular weight is 329 g/mol. The van der Waals surface area contributed by atoms with Crippen LogP contribution in [0.1, 0.15) is 52.0 Å². The highest BCUT2D eigenvalue weighted by molar-refractivity contribution is 5.76. The van der Waals surface area contributed by atoms with E-state index in [0.717, 1.165) is 37.0 Å². The van der Waals surface area contributed by atoms with Crippen LogP contribution < -0.4 is 4.74 Å². The fourth-order valence-electron chi connectivity index (χ4n) is 3.74. The van der Waals surface area contributed by atoms with Gasteiger partial charge < -0.3 is 9.47 Å². The number of rotatable bonds is 2. The van der Waals surface area contributed by atoms with E-state index in [9.17, 15) is 4.79 Å². The molecular formula is C20H27NO3. The van der Waals surface area contributed by atoms with Crippen molar-refractivity contribution in [3.05, 3.63) is 35.9 Å². The molecule has 1 saturated heterocycles. The number of amides is 1. The smallest absolute Gasteiger partial charge is 0.411 e. The molecule has 0 saturated carbocycles. The lowest BCUT2D eigenvalue weighted by atomic mass is 9.83. The number of methoxy groups -OCH3 is 1. The first-order valence-electron chi connectivity index (χ1n) is 8.74. The highest BCUT2D eigenvalue weighted by Gasteiger charge is 2.39. The number of hydrogen-bond acceptors (Lipinski definition) is 3. The summed E-state index contributed by atoms with van der Waals surface area (Å²) in [6, 6.07) is 8.44. The number of ether oxygens (including phenoxy) is 2. The molecule has 2 atom stereocenters. The molecule has 0 N–H and O–H groups in total. The van der Waals surface area contributed by atoms with Crippen LogP contribution in [0.15, 0.2) is 30.3 Å². The monoisotopic (exact) mass is 329 g/mol. The minimum absolute atomic E-state index is 0.118.